The molecule has 3 atom stereocenters. The van der Waals surface area contributed by atoms with Crippen LogP contribution < -0.4 is 10.6 Å². The van der Waals surface area contributed by atoms with E-state index in [2.05, 4.69) is 34.9 Å². The number of pyridine rings is 1. The molecule has 1 amide bonds. The summed E-state index contributed by atoms with van der Waals surface area (Å²) in [4.78, 5) is 19.7. The second kappa shape index (κ2) is 9.93. The minimum atomic E-state index is -0.600. The highest BCUT2D eigenvalue weighted by Crippen LogP contribution is 2.39. The Kier molecular flexibility index (Phi) is 6.75. The number of guanidine groups is 1. The van der Waals surface area contributed by atoms with E-state index in [0.29, 0.717) is 12.0 Å². The summed E-state index contributed by atoms with van der Waals surface area (Å²) in [7, 11) is 1.75. The van der Waals surface area contributed by atoms with Crippen molar-refractivity contribution >= 4 is 28.6 Å². The van der Waals surface area contributed by atoms with E-state index in [1.807, 2.05) is 12.1 Å². The molecule has 6 nitrogen and oxygen atoms in total. The molecule has 0 spiro atoms. The van der Waals surface area contributed by atoms with Crippen molar-refractivity contribution in [1.82, 2.24) is 15.2 Å². The molecular formula is C28H39N5O. The van der Waals surface area contributed by atoms with E-state index >= 15 is 0 Å². The summed E-state index contributed by atoms with van der Waals surface area (Å²) in [6.07, 6.45) is 13.9. The lowest BCUT2D eigenvalue weighted by Gasteiger charge is -2.37. The number of para-hydroxylation sites is 1. The molecule has 3 N–H and O–H groups in total. The molecule has 182 valence electrons. The Bertz CT molecular complexity index is 1030. The Morgan fingerprint density at radius 3 is 2.65 bits per heavy atom. The number of anilines is 1. The maximum atomic E-state index is 13.4. The quantitative estimate of drug-likeness (QED) is 0.495. The number of hydrogen-bond donors (Lipinski definition) is 3. The van der Waals surface area contributed by atoms with Crippen LogP contribution in [0, 0.1) is 17.2 Å². The van der Waals surface area contributed by atoms with Gasteiger partial charge in [-0.1, -0.05) is 63.1 Å². The van der Waals surface area contributed by atoms with Crippen LogP contribution in [0.15, 0.2) is 36.4 Å². The van der Waals surface area contributed by atoms with Gasteiger partial charge < -0.3 is 10.6 Å². The summed E-state index contributed by atoms with van der Waals surface area (Å²) in [5.41, 5.74) is 0.417. The van der Waals surface area contributed by atoms with Crippen LogP contribution in [0.25, 0.3) is 10.9 Å². The van der Waals surface area contributed by atoms with Crippen LogP contribution in [0.4, 0.5) is 5.82 Å². The van der Waals surface area contributed by atoms with Crippen LogP contribution in [0.2, 0.25) is 0 Å². The number of hydrogen-bond acceptors (Lipinski definition) is 4. The van der Waals surface area contributed by atoms with Crippen LogP contribution in [0.3, 0.4) is 0 Å². The van der Waals surface area contributed by atoms with Crippen LogP contribution in [-0.2, 0) is 4.79 Å². The average Bonchev–Trinajstić information content (AvgIpc) is 3.07. The van der Waals surface area contributed by atoms with Gasteiger partial charge in [-0.05, 0) is 62.1 Å². The van der Waals surface area contributed by atoms with Crippen molar-refractivity contribution in [2.24, 2.45) is 11.8 Å². The van der Waals surface area contributed by atoms with Gasteiger partial charge in [0, 0.05) is 18.5 Å². The van der Waals surface area contributed by atoms with Gasteiger partial charge in [0.2, 0.25) is 0 Å². The van der Waals surface area contributed by atoms with Gasteiger partial charge in [0.05, 0.1) is 5.52 Å². The summed E-state index contributed by atoms with van der Waals surface area (Å²) < 4.78 is 0. The van der Waals surface area contributed by atoms with Crippen molar-refractivity contribution in [2.75, 3.05) is 12.4 Å². The molecule has 1 unspecified atom stereocenters. The van der Waals surface area contributed by atoms with Gasteiger partial charge in [-0.2, -0.15) is 0 Å². The average molecular weight is 462 g/mol. The molecule has 5 rings (SSSR count). The molecule has 0 bridgehead atoms. The zero-order valence-electron chi connectivity index (χ0n) is 20.5. The SMILES string of the molecule is CN1C(=N)N[C@](CCC2CCCCC2)(CC2CCC[C@@H](Nc3ccc4ccccc4n3)C2)C1=O. The molecule has 34 heavy (non-hydrogen) atoms. The van der Waals surface area contributed by atoms with E-state index in [4.69, 9.17) is 10.4 Å². The molecular weight excluding hydrogens is 422 g/mol. The highest BCUT2D eigenvalue weighted by Gasteiger charge is 2.49. The standard InChI is InChI=1S/C28H39N5O/c1-33-26(34)28(32-27(33)29,17-16-20-8-3-2-4-9-20)19-21-10-7-12-23(18-21)30-25-15-14-22-11-5-6-13-24(22)31-25/h5-6,11,13-15,20-21,23H,2-4,7-10,12,16-19H2,1H3,(H2,29,32)(H,30,31)/t21?,23-,28-/m1/s1. The molecule has 6 heteroatoms. The molecule has 2 saturated carbocycles. The highest BCUT2D eigenvalue weighted by atomic mass is 16.2. The van der Waals surface area contributed by atoms with Gasteiger partial charge in [-0.25, -0.2) is 4.98 Å². The van der Waals surface area contributed by atoms with Crippen molar-refractivity contribution in [3.63, 3.8) is 0 Å². The lowest BCUT2D eigenvalue weighted by atomic mass is 9.74. The van der Waals surface area contributed by atoms with E-state index in [0.717, 1.165) is 67.6 Å². The first-order chi connectivity index (χ1) is 16.5. The normalized spacial score (nSPS) is 28.3. The van der Waals surface area contributed by atoms with Crippen LogP contribution in [-0.4, -0.2) is 40.4 Å². The van der Waals surface area contributed by atoms with E-state index in [-0.39, 0.29) is 11.9 Å². The molecule has 0 radical (unpaired) electrons. The molecule has 3 aliphatic rings. The zero-order valence-corrected chi connectivity index (χ0v) is 20.5. The largest absolute Gasteiger partial charge is 0.367 e. The van der Waals surface area contributed by atoms with Gasteiger partial charge in [-0.3, -0.25) is 15.1 Å². The maximum Gasteiger partial charge on any atom is 0.254 e. The maximum absolute atomic E-state index is 13.4. The van der Waals surface area contributed by atoms with Crippen molar-refractivity contribution in [3.05, 3.63) is 36.4 Å². The Labute approximate surface area is 203 Å². The smallest absolute Gasteiger partial charge is 0.254 e. The first-order valence-electron chi connectivity index (χ1n) is 13.3. The molecule has 2 heterocycles. The van der Waals surface area contributed by atoms with Gasteiger partial charge in [-0.15, -0.1) is 0 Å². The van der Waals surface area contributed by atoms with Crippen molar-refractivity contribution < 1.29 is 4.79 Å². The fraction of sp³-hybridized carbons (Fsp3) is 0.607. The predicted octanol–water partition coefficient (Wildman–Crippen LogP) is 5.69. The van der Waals surface area contributed by atoms with E-state index in [1.165, 1.54) is 37.0 Å². The minimum absolute atomic E-state index is 0.0968. The van der Waals surface area contributed by atoms with Gasteiger partial charge in [0.15, 0.2) is 5.96 Å². The van der Waals surface area contributed by atoms with E-state index in [9.17, 15) is 4.79 Å². The summed E-state index contributed by atoms with van der Waals surface area (Å²) >= 11 is 0. The Balaban J connectivity index is 1.26. The number of rotatable bonds is 7. The number of nitrogens with one attached hydrogen (secondary N) is 3. The second-order valence-electron chi connectivity index (χ2n) is 10.9. The number of benzene rings is 1. The predicted molar refractivity (Wildman–Crippen MR) is 138 cm³/mol. The zero-order chi connectivity index (χ0) is 23.5. The van der Waals surface area contributed by atoms with Gasteiger partial charge in [0.25, 0.3) is 5.91 Å². The van der Waals surface area contributed by atoms with Crippen molar-refractivity contribution in [2.45, 2.75) is 88.6 Å². The first-order valence-corrected chi connectivity index (χ1v) is 13.3. The van der Waals surface area contributed by atoms with Gasteiger partial charge in [0.1, 0.15) is 11.4 Å². The van der Waals surface area contributed by atoms with Crippen LogP contribution in [0.5, 0.6) is 0 Å². The molecule has 1 saturated heterocycles. The minimum Gasteiger partial charge on any atom is -0.367 e. The van der Waals surface area contributed by atoms with Crippen LogP contribution >= 0.6 is 0 Å². The molecule has 1 aliphatic heterocycles. The fourth-order valence-electron chi connectivity index (χ4n) is 6.58. The third kappa shape index (κ3) is 4.91. The molecule has 2 aliphatic carbocycles. The lowest BCUT2D eigenvalue weighted by Crippen LogP contribution is -2.49. The third-order valence-corrected chi connectivity index (χ3v) is 8.48. The second-order valence-corrected chi connectivity index (χ2v) is 10.9. The fourth-order valence-corrected chi connectivity index (χ4v) is 6.58. The summed E-state index contributed by atoms with van der Waals surface area (Å²) in [5.74, 6) is 2.50. The van der Waals surface area contributed by atoms with Crippen molar-refractivity contribution in [1.29, 1.82) is 5.41 Å². The molecule has 1 aromatic carbocycles. The highest BCUT2D eigenvalue weighted by molar-refractivity contribution is 6.07. The van der Waals surface area contributed by atoms with E-state index in [1.54, 1.807) is 7.05 Å². The number of aromatic nitrogens is 1. The summed E-state index contributed by atoms with van der Waals surface area (Å²) in [6.45, 7) is 0. The number of amides is 1. The summed E-state index contributed by atoms with van der Waals surface area (Å²) in [6, 6.07) is 12.8. The number of fused-ring (bicyclic) bond motifs is 1. The first kappa shape index (κ1) is 23.1. The monoisotopic (exact) mass is 461 g/mol. The van der Waals surface area contributed by atoms with E-state index < -0.39 is 5.54 Å². The Morgan fingerprint density at radius 1 is 1.06 bits per heavy atom. The topological polar surface area (TPSA) is 81.1 Å². The number of likely N-dealkylation sites (N-methyl/N-ethyl adjacent to an activating group) is 1. The Hall–Kier alpha value is -2.63. The third-order valence-electron chi connectivity index (χ3n) is 8.48. The molecule has 2 aromatic rings. The lowest BCUT2D eigenvalue weighted by molar-refractivity contribution is -0.131. The van der Waals surface area contributed by atoms with Crippen molar-refractivity contribution in [3.8, 4) is 0 Å². The van der Waals surface area contributed by atoms with Crippen LogP contribution in [0.1, 0.15) is 77.0 Å². The summed E-state index contributed by atoms with van der Waals surface area (Å²) in [5, 5.41) is 16.5. The van der Waals surface area contributed by atoms with Gasteiger partial charge >= 0.3 is 0 Å². The molecule has 3 fully saturated rings. The Morgan fingerprint density at radius 2 is 1.85 bits per heavy atom. The number of carbonyl (C=O) groups is 1. The number of nitrogens with zero attached hydrogens (tertiary/aromatic N) is 2. The number of carbonyl (C=O) groups excluding carboxylic acids is 1. The molecule has 1 aromatic heterocycles.